The third-order valence-electron chi connectivity index (χ3n) is 3.06. The summed E-state index contributed by atoms with van der Waals surface area (Å²) in [5.74, 6) is 0.404. The van der Waals surface area contributed by atoms with Crippen LogP contribution in [0.2, 0.25) is 5.02 Å². The molecule has 0 spiro atoms. The number of amides is 1. The SMILES string of the molecule is COc1cc(C(C)=O)ccc1OCC(=O)Nc1ccc(Cl)cc1. The van der Waals surface area contributed by atoms with Crippen LogP contribution < -0.4 is 14.8 Å². The minimum absolute atomic E-state index is 0.0738. The van der Waals surface area contributed by atoms with Gasteiger partial charge in [-0.2, -0.15) is 0 Å². The topological polar surface area (TPSA) is 64.6 Å². The van der Waals surface area contributed by atoms with Crippen LogP contribution in [0.4, 0.5) is 5.69 Å². The molecule has 1 N–H and O–H groups in total. The zero-order valence-corrected chi connectivity index (χ0v) is 13.5. The number of ether oxygens (including phenoxy) is 2. The summed E-state index contributed by atoms with van der Waals surface area (Å²) in [5, 5.41) is 3.28. The maximum Gasteiger partial charge on any atom is 0.262 e. The van der Waals surface area contributed by atoms with Crippen LogP contribution in [0.25, 0.3) is 0 Å². The second-order valence-corrected chi connectivity index (χ2v) is 5.20. The van der Waals surface area contributed by atoms with E-state index in [1.165, 1.54) is 14.0 Å². The van der Waals surface area contributed by atoms with E-state index in [1.807, 2.05) is 0 Å². The summed E-state index contributed by atoms with van der Waals surface area (Å²) in [5.41, 5.74) is 1.14. The number of rotatable bonds is 6. The highest BCUT2D eigenvalue weighted by Crippen LogP contribution is 2.28. The van der Waals surface area contributed by atoms with Gasteiger partial charge in [0, 0.05) is 16.3 Å². The fourth-order valence-electron chi connectivity index (χ4n) is 1.88. The second kappa shape index (κ2) is 7.65. The quantitative estimate of drug-likeness (QED) is 0.821. The lowest BCUT2D eigenvalue weighted by Gasteiger charge is -2.11. The standard InChI is InChI=1S/C17H16ClNO4/c1-11(20)12-3-8-15(16(9-12)22-2)23-10-17(21)19-14-6-4-13(18)5-7-14/h3-9H,10H2,1-2H3,(H,19,21). The number of hydrogen-bond donors (Lipinski definition) is 1. The third kappa shape index (κ3) is 4.72. The van der Waals surface area contributed by atoms with Gasteiger partial charge in [0.15, 0.2) is 23.9 Å². The van der Waals surface area contributed by atoms with Gasteiger partial charge in [0.1, 0.15) is 0 Å². The van der Waals surface area contributed by atoms with Gasteiger partial charge < -0.3 is 14.8 Å². The summed E-state index contributed by atoms with van der Waals surface area (Å²) in [7, 11) is 1.47. The largest absolute Gasteiger partial charge is 0.493 e. The average molecular weight is 334 g/mol. The predicted molar refractivity (Wildman–Crippen MR) is 88.6 cm³/mol. The van der Waals surface area contributed by atoms with Gasteiger partial charge >= 0.3 is 0 Å². The number of anilines is 1. The fraction of sp³-hybridized carbons (Fsp3) is 0.176. The molecule has 5 nitrogen and oxygen atoms in total. The molecular formula is C17H16ClNO4. The Hall–Kier alpha value is -2.53. The van der Waals surface area contributed by atoms with Crippen LogP contribution in [0.1, 0.15) is 17.3 Å². The highest BCUT2D eigenvalue weighted by atomic mass is 35.5. The maximum absolute atomic E-state index is 11.9. The molecule has 0 aliphatic heterocycles. The molecule has 0 saturated heterocycles. The first kappa shape index (κ1) is 16.8. The van der Waals surface area contributed by atoms with Crippen molar-refractivity contribution in [2.75, 3.05) is 19.0 Å². The Morgan fingerprint density at radius 2 is 1.78 bits per heavy atom. The monoisotopic (exact) mass is 333 g/mol. The number of halogens is 1. The van der Waals surface area contributed by atoms with Gasteiger partial charge in [-0.1, -0.05) is 11.6 Å². The number of benzene rings is 2. The smallest absolute Gasteiger partial charge is 0.262 e. The molecule has 1 amide bonds. The van der Waals surface area contributed by atoms with Crippen molar-refractivity contribution in [3.05, 3.63) is 53.1 Å². The van der Waals surface area contributed by atoms with Crippen molar-refractivity contribution in [3.63, 3.8) is 0 Å². The molecule has 0 aliphatic rings. The molecule has 2 aromatic carbocycles. The maximum atomic E-state index is 11.9. The van der Waals surface area contributed by atoms with Gasteiger partial charge in [-0.15, -0.1) is 0 Å². The Labute approximate surface area is 139 Å². The summed E-state index contributed by atoms with van der Waals surface area (Å²) < 4.78 is 10.6. The molecule has 0 radical (unpaired) electrons. The Kier molecular flexibility index (Phi) is 5.60. The highest BCUT2D eigenvalue weighted by molar-refractivity contribution is 6.30. The normalized spacial score (nSPS) is 10.0. The molecule has 0 fully saturated rings. The predicted octanol–water partition coefficient (Wildman–Crippen LogP) is 3.57. The minimum Gasteiger partial charge on any atom is -0.493 e. The van der Waals surface area contributed by atoms with Gasteiger partial charge in [0.05, 0.1) is 7.11 Å². The van der Waals surface area contributed by atoms with Gasteiger partial charge in [-0.05, 0) is 49.4 Å². The second-order valence-electron chi connectivity index (χ2n) is 4.77. The highest BCUT2D eigenvalue weighted by Gasteiger charge is 2.10. The molecule has 0 saturated carbocycles. The molecule has 2 aromatic rings. The molecule has 0 aliphatic carbocycles. The van der Waals surface area contributed by atoms with E-state index < -0.39 is 0 Å². The van der Waals surface area contributed by atoms with Crippen LogP contribution >= 0.6 is 11.6 Å². The first-order valence-electron chi connectivity index (χ1n) is 6.87. The molecule has 0 atom stereocenters. The number of ketones is 1. The number of Topliss-reactive ketones (excluding diaryl/α,β-unsaturated/α-hetero) is 1. The molecule has 0 aromatic heterocycles. The van der Waals surface area contributed by atoms with Crippen molar-refractivity contribution >= 4 is 29.0 Å². The molecule has 6 heteroatoms. The van der Waals surface area contributed by atoms with Crippen molar-refractivity contribution in [2.24, 2.45) is 0 Å². The lowest BCUT2D eigenvalue weighted by molar-refractivity contribution is -0.118. The van der Waals surface area contributed by atoms with Gasteiger partial charge in [-0.25, -0.2) is 0 Å². The van der Waals surface area contributed by atoms with E-state index in [9.17, 15) is 9.59 Å². The van der Waals surface area contributed by atoms with Crippen molar-refractivity contribution in [1.29, 1.82) is 0 Å². The van der Waals surface area contributed by atoms with Crippen LogP contribution in [0.15, 0.2) is 42.5 Å². The van der Waals surface area contributed by atoms with Crippen LogP contribution in [0, 0.1) is 0 Å². The minimum atomic E-state index is -0.315. The zero-order valence-electron chi connectivity index (χ0n) is 12.8. The first-order chi connectivity index (χ1) is 11.0. The molecule has 120 valence electrons. The van der Waals surface area contributed by atoms with Crippen molar-refractivity contribution in [1.82, 2.24) is 0 Å². The first-order valence-corrected chi connectivity index (χ1v) is 7.24. The van der Waals surface area contributed by atoms with Gasteiger partial charge in [-0.3, -0.25) is 9.59 Å². The number of carbonyl (C=O) groups is 2. The Bertz CT molecular complexity index is 713. The van der Waals surface area contributed by atoms with E-state index in [1.54, 1.807) is 42.5 Å². The number of nitrogens with one attached hydrogen (secondary N) is 1. The van der Waals surface area contributed by atoms with E-state index in [-0.39, 0.29) is 18.3 Å². The fourth-order valence-corrected chi connectivity index (χ4v) is 2.01. The van der Waals surface area contributed by atoms with Crippen LogP contribution in [-0.2, 0) is 4.79 Å². The molecule has 2 rings (SSSR count). The number of carbonyl (C=O) groups excluding carboxylic acids is 2. The van der Waals surface area contributed by atoms with E-state index in [0.29, 0.717) is 27.8 Å². The number of methoxy groups -OCH3 is 1. The number of hydrogen-bond acceptors (Lipinski definition) is 4. The molecule has 0 bridgehead atoms. The van der Waals surface area contributed by atoms with Gasteiger partial charge in [0.25, 0.3) is 5.91 Å². The van der Waals surface area contributed by atoms with Crippen molar-refractivity contribution < 1.29 is 19.1 Å². The lowest BCUT2D eigenvalue weighted by atomic mass is 10.1. The van der Waals surface area contributed by atoms with E-state index in [4.69, 9.17) is 21.1 Å². The van der Waals surface area contributed by atoms with Gasteiger partial charge in [0.2, 0.25) is 0 Å². The summed E-state index contributed by atoms with van der Waals surface area (Å²) >= 11 is 5.78. The van der Waals surface area contributed by atoms with Crippen molar-refractivity contribution in [2.45, 2.75) is 6.92 Å². The molecule has 23 heavy (non-hydrogen) atoms. The zero-order chi connectivity index (χ0) is 16.8. The van der Waals surface area contributed by atoms with E-state index in [2.05, 4.69) is 5.32 Å². The molecule has 0 unspecified atom stereocenters. The average Bonchev–Trinajstić information content (AvgIpc) is 2.54. The summed E-state index contributed by atoms with van der Waals surface area (Å²) in [4.78, 5) is 23.2. The molecular weight excluding hydrogens is 318 g/mol. The van der Waals surface area contributed by atoms with E-state index >= 15 is 0 Å². The Morgan fingerprint density at radius 1 is 1.09 bits per heavy atom. The molecule has 0 heterocycles. The Balaban J connectivity index is 1.98. The van der Waals surface area contributed by atoms with Crippen LogP contribution in [0.3, 0.4) is 0 Å². The lowest BCUT2D eigenvalue weighted by Crippen LogP contribution is -2.20. The van der Waals surface area contributed by atoms with E-state index in [0.717, 1.165) is 0 Å². The van der Waals surface area contributed by atoms with Crippen LogP contribution in [-0.4, -0.2) is 25.4 Å². The Morgan fingerprint density at radius 3 is 2.39 bits per heavy atom. The summed E-state index contributed by atoms with van der Waals surface area (Å²) in [6.07, 6.45) is 0. The van der Waals surface area contributed by atoms with Crippen molar-refractivity contribution in [3.8, 4) is 11.5 Å². The van der Waals surface area contributed by atoms with Crippen LogP contribution in [0.5, 0.6) is 11.5 Å². The summed E-state index contributed by atoms with van der Waals surface area (Å²) in [6, 6.07) is 11.6. The third-order valence-corrected chi connectivity index (χ3v) is 3.31. The summed E-state index contributed by atoms with van der Waals surface area (Å²) in [6.45, 7) is 1.28.